The van der Waals surface area contributed by atoms with Gasteiger partial charge in [-0.2, -0.15) is 0 Å². The summed E-state index contributed by atoms with van der Waals surface area (Å²) in [7, 11) is 1.45. The lowest BCUT2D eigenvalue weighted by molar-refractivity contribution is -0.141. The SMILES string of the molecule is COC(=O)CC1(CSc2ccc(N)cc2C)CC1. The zero-order chi connectivity index (χ0) is 13.2. The number of aryl methyl sites for hydroxylation is 1. The highest BCUT2D eigenvalue weighted by Gasteiger charge is 2.44. The highest BCUT2D eigenvalue weighted by atomic mass is 32.2. The first-order valence-corrected chi connectivity index (χ1v) is 7.09. The van der Waals surface area contributed by atoms with Crippen LogP contribution in [0, 0.1) is 12.3 Å². The summed E-state index contributed by atoms with van der Waals surface area (Å²) in [4.78, 5) is 12.6. The van der Waals surface area contributed by atoms with Crippen LogP contribution < -0.4 is 5.73 Å². The van der Waals surface area contributed by atoms with E-state index in [9.17, 15) is 4.79 Å². The highest BCUT2D eigenvalue weighted by molar-refractivity contribution is 7.99. The van der Waals surface area contributed by atoms with E-state index in [-0.39, 0.29) is 11.4 Å². The molecule has 0 saturated heterocycles. The van der Waals surface area contributed by atoms with E-state index in [4.69, 9.17) is 10.5 Å². The Balaban J connectivity index is 1.93. The first kappa shape index (κ1) is 13.3. The predicted molar refractivity (Wildman–Crippen MR) is 74.6 cm³/mol. The topological polar surface area (TPSA) is 52.3 Å². The van der Waals surface area contributed by atoms with Crippen LogP contribution in [0.1, 0.15) is 24.8 Å². The van der Waals surface area contributed by atoms with Crippen molar-refractivity contribution in [2.75, 3.05) is 18.6 Å². The summed E-state index contributed by atoms with van der Waals surface area (Å²) in [6, 6.07) is 5.97. The Morgan fingerprint density at radius 3 is 2.78 bits per heavy atom. The normalized spacial score (nSPS) is 16.3. The number of thioether (sulfide) groups is 1. The van der Waals surface area contributed by atoms with Crippen LogP contribution in [0.4, 0.5) is 5.69 Å². The van der Waals surface area contributed by atoms with E-state index in [0.29, 0.717) is 6.42 Å². The molecular weight excluding hydrogens is 246 g/mol. The summed E-state index contributed by atoms with van der Waals surface area (Å²) in [5.74, 6) is 0.884. The number of hydrogen-bond acceptors (Lipinski definition) is 4. The third kappa shape index (κ3) is 3.19. The maximum atomic E-state index is 11.3. The summed E-state index contributed by atoms with van der Waals surface area (Å²) < 4.78 is 4.75. The Morgan fingerprint density at radius 1 is 1.50 bits per heavy atom. The molecule has 3 nitrogen and oxygen atoms in total. The Morgan fingerprint density at radius 2 is 2.22 bits per heavy atom. The smallest absolute Gasteiger partial charge is 0.306 e. The maximum Gasteiger partial charge on any atom is 0.306 e. The van der Waals surface area contributed by atoms with Crippen LogP contribution in [0.5, 0.6) is 0 Å². The van der Waals surface area contributed by atoms with E-state index in [1.165, 1.54) is 17.6 Å². The molecule has 2 rings (SSSR count). The second kappa shape index (κ2) is 5.22. The van der Waals surface area contributed by atoms with Crippen molar-refractivity contribution in [2.45, 2.75) is 31.1 Å². The molecule has 2 N–H and O–H groups in total. The number of carbonyl (C=O) groups excluding carboxylic acids is 1. The van der Waals surface area contributed by atoms with Gasteiger partial charge in [-0.1, -0.05) is 0 Å². The number of benzene rings is 1. The molecule has 0 heterocycles. The van der Waals surface area contributed by atoms with Gasteiger partial charge in [0.2, 0.25) is 0 Å². The van der Waals surface area contributed by atoms with Gasteiger partial charge >= 0.3 is 5.97 Å². The van der Waals surface area contributed by atoms with E-state index in [1.54, 1.807) is 0 Å². The molecule has 1 aromatic carbocycles. The van der Waals surface area contributed by atoms with Gasteiger partial charge in [0.25, 0.3) is 0 Å². The molecule has 4 heteroatoms. The minimum Gasteiger partial charge on any atom is -0.469 e. The third-order valence-electron chi connectivity index (χ3n) is 3.44. The zero-order valence-electron chi connectivity index (χ0n) is 10.9. The third-order valence-corrected chi connectivity index (χ3v) is 4.96. The molecule has 18 heavy (non-hydrogen) atoms. The summed E-state index contributed by atoms with van der Waals surface area (Å²) in [5.41, 5.74) is 7.91. The molecule has 1 aliphatic rings. The number of ether oxygens (including phenoxy) is 1. The predicted octanol–water partition coefficient (Wildman–Crippen LogP) is 3.01. The van der Waals surface area contributed by atoms with Crippen molar-refractivity contribution in [3.05, 3.63) is 23.8 Å². The molecule has 0 amide bonds. The quantitative estimate of drug-likeness (QED) is 0.505. The fraction of sp³-hybridized carbons (Fsp3) is 0.500. The number of esters is 1. The monoisotopic (exact) mass is 265 g/mol. The number of rotatable bonds is 5. The van der Waals surface area contributed by atoms with E-state index >= 15 is 0 Å². The van der Waals surface area contributed by atoms with Crippen LogP contribution in [0.15, 0.2) is 23.1 Å². The van der Waals surface area contributed by atoms with Gasteiger partial charge in [0.1, 0.15) is 0 Å². The van der Waals surface area contributed by atoms with E-state index in [0.717, 1.165) is 24.3 Å². The molecule has 0 unspecified atom stereocenters. The van der Waals surface area contributed by atoms with Crippen LogP contribution in [-0.2, 0) is 9.53 Å². The largest absolute Gasteiger partial charge is 0.469 e. The Kier molecular flexibility index (Phi) is 3.85. The maximum absolute atomic E-state index is 11.3. The van der Waals surface area contributed by atoms with Crippen LogP contribution in [0.25, 0.3) is 0 Å². The van der Waals surface area contributed by atoms with Crippen molar-refractivity contribution < 1.29 is 9.53 Å². The van der Waals surface area contributed by atoms with E-state index in [1.807, 2.05) is 23.9 Å². The molecule has 0 spiro atoms. The number of carbonyl (C=O) groups is 1. The molecule has 0 aromatic heterocycles. The fourth-order valence-corrected chi connectivity index (χ4v) is 3.30. The number of anilines is 1. The second-order valence-corrected chi connectivity index (χ2v) is 6.08. The standard InChI is InChI=1S/C14H19NO2S/c1-10-7-11(15)3-4-12(10)18-9-14(5-6-14)8-13(16)17-2/h3-4,7H,5-6,8-9,15H2,1-2H3. The Hall–Kier alpha value is -1.16. The van der Waals surface area contributed by atoms with Gasteiger partial charge in [0.15, 0.2) is 0 Å². The van der Waals surface area contributed by atoms with E-state index in [2.05, 4.69) is 13.0 Å². The number of nitrogens with two attached hydrogens (primary N) is 1. The van der Waals surface area contributed by atoms with Crippen molar-refractivity contribution in [2.24, 2.45) is 5.41 Å². The van der Waals surface area contributed by atoms with Crippen molar-refractivity contribution >= 4 is 23.4 Å². The van der Waals surface area contributed by atoms with Gasteiger partial charge in [0, 0.05) is 16.3 Å². The zero-order valence-corrected chi connectivity index (χ0v) is 11.7. The lowest BCUT2D eigenvalue weighted by Gasteiger charge is -2.14. The Bertz CT molecular complexity index is 455. The average Bonchev–Trinajstić information content (AvgIpc) is 3.08. The molecule has 1 aliphatic carbocycles. The number of nitrogen functional groups attached to an aromatic ring is 1. The van der Waals surface area contributed by atoms with Gasteiger partial charge in [0.05, 0.1) is 13.5 Å². The van der Waals surface area contributed by atoms with Crippen molar-refractivity contribution in [1.82, 2.24) is 0 Å². The summed E-state index contributed by atoms with van der Waals surface area (Å²) in [6.07, 6.45) is 2.80. The molecule has 1 saturated carbocycles. The van der Waals surface area contributed by atoms with Gasteiger partial charge in [-0.25, -0.2) is 0 Å². The van der Waals surface area contributed by atoms with Gasteiger partial charge in [-0.15, -0.1) is 11.8 Å². The Labute approximate surface area is 112 Å². The lowest BCUT2D eigenvalue weighted by Crippen LogP contribution is -2.13. The van der Waals surface area contributed by atoms with Crippen LogP contribution in [-0.4, -0.2) is 18.8 Å². The summed E-state index contributed by atoms with van der Waals surface area (Å²) in [6.45, 7) is 2.07. The summed E-state index contributed by atoms with van der Waals surface area (Å²) >= 11 is 1.81. The van der Waals surface area contributed by atoms with Crippen molar-refractivity contribution in [3.63, 3.8) is 0 Å². The number of hydrogen-bond donors (Lipinski definition) is 1. The number of methoxy groups -OCH3 is 1. The van der Waals surface area contributed by atoms with Crippen molar-refractivity contribution in [3.8, 4) is 0 Å². The minimum atomic E-state index is -0.0953. The van der Waals surface area contributed by atoms with Gasteiger partial charge < -0.3 is 10.5 Å². The molecule has 1 fully saturated rings. The lowest BCUT2D eigenvalue weighted by atomic mass is 10.1. The molecular formula is C14H19NO2S. The molecule has 0 aliphatic heterocycles. The average molecular weight is 265 g/mol. The molecule has 98 valence electrons. The van der Waals surface area contributed by atoms with Crippen LogP contribution in [0.2, 0.25) is 0 Å². The van der Waals surface area contributed by atoms with Crippen LogP contribution >= 0.6 is 11.8 Å². The van der Waals surface area contributed by atoms with Crippen LogP contribution in [0.3, 0.4) is 0 Å². The highest BCUT2D eigenvalue weighted by Crippen LogP contribution is 2.52. The van der Waals surface area contributed by atoms with Gasteiger partial charge in [-0.05, 0) is 48.9 Å². The van der Waals surface area contributed by atoms with E-state index < -0.39 is 0 Å². The molecule has 0 bridgehead atoms. The molecule has 1 aromatic rings. The van der Waals surface area contributed by atoms with Crippen molar-refractivity contribution in [1.29, 1.82) is 0 Å². The molecule has 0 radical (unpaired) electrons. The second-order valence-electron chi connectivity index (χ2n) is 5.07. The first-order valence-electron chi connectivity index (χ1n) is 6.10. The first-order chi connectivity index (χ1) is 8.54. The minimum absolute atomic E-state index is 0.0953. The fourth-order valence-electron chi connectivity index (χ4n) is 1.99. The molecule has 0 atom stereocenters. The summed E-state index contributed by atoms with van der Waals surface area (Å²) in [5, 5.41) is 0. The van der Waals surface area contributed by atoms with Gasteiger partial charge in [-0.3, -0.25) is 4.79 Å².